The van der Waals surface area contributed by atoms with Gasteiger partial charge in [-0.05, 0) is 51.9 Å². The molecule has 5 heteroatoms. The van der Waals surface area contributed by atoms with E-state index in [1.165, 1.54) is 45.4 Å². The summed E-state index contributed by atoms with van der Waals surface area (Å²) in [5, 5.41) is 11.5. The highest BCUT2D eigenvalue weighted by atomic mass is 16.4. The molecule has 98 valence electrons. The molecule has 3 N–H and O–H groups in total. The Morgan fingerprint density at radius 2 is 2.06 bits per heavy atom. The minimum atomic E-state index is 0.347. The normalized spacial score (nSPS) is 28.0. The lowest BCUT2D eigenvalue weighted by Gasteiger charge is -2.23. The van der Waals surface area contributed by atoms with Crippen LogP contribution in [0.1, 0.15) is 32.1 Å². The first-order valence-electron chi connectivity index (χ1n) is 6.72. The summed E-state index contributed by atoms with van der Waals surface area (Å²) in [6, 6.07) is 0.779. The standard InChI is InChI=1S/C12H24N4O/c13-12(14-17)4-3-6-15-9-5-11(10-15)16-7-1-2-8-16/h11,17H,1-10H2,(H2,13,14). The molecule has 0 aromatic heterocycles. The van der Waals surface area contributed by atoms with Crippen molar-refractivity contribution in [2.45, 2.75) is 38.1 Å². The molecule has 0 saturated carbocycles. The Labute approximate surface area is 103 Å². The topological polar surface area (TPSA) is 65.1 Å². The van der Waals surface area contributed by atoms with E-state index in [2.05, 4.69) is 15.0 Å². The number of likely N-dealkylation sites (tertiary alicyclic amines) is 2. The van der Waals surface area contributed by atoms with Gasteiger partial charge in [0.2, 0.25) is 0 Å². The van der Waals surface area contributed by atoms with Crippen LogP contribution in [-0.4, -0.2) is 59.6 Å². The second-order valence-electron chi connectivity index (χ2n) is 5.18. The highest BCUT2D eigenvalue weighted by molar-refractivity contribution is 5.79. The highest BCUT2D eigenvalue weighted by Gasteiger charge is 2.28. The van der Waals surface area contributed by atoms with E-state index in [1.807, 2.05) is 0 Å². The summed E-state index contributed by atoms with van der Waals surface area (Å²) in [7, 11) is 0. The van der Waals surface area contributed by atoms with Crippen LogP contribution >= 0.6 is 0 Å². The zero-order chi connectivity index (χ0) is 12.1. The van der Waals surface area contributed by atoms with Gasteiger partial charge in [0.05, 0.1) is 0 Å². The van der Waals surface area contributed by atoms with Crippen molar-refractivity contribution >= 4 is 5.84 Å². The monoisotopic (exact) mass is 240 g/mol. The van der Waals surface area contributed by atoms with Gasteiger partial charge in [0, 0.05) is 19.0 Å². The zero-order valence-electron chi connectivity index (χ0n) is 10.5. The Hall–Kier alpha value is -0.810. The first-order chi connectivity index (χ1) is 8.29. The molecule has 5 nitrogen and oxygen atoms in total. The molecule has 2 rings (SSSR count). The van der Waals surface area contributed by atoms with E-state index in [4.69, 9.17) is 10.9 Å². The fourth-order valence-electron chi connectivity index (χ4n) is 2.95. The van der Waals surface area contributed by atoms with Crippen LogP contribution in [0.4, 0.5) is 0 Å². The lowest BCUT2D eigenvalue weighted by atomic mass is 10.2. The maximum Gasteiger partial charge on any atom is 0.139 e. The Balaban J connectivity index is 1.64. The molecule has 1 atom stereocenters. The Bertz CT molecular complexity index is 263. The summed E-state index contributed by atoms with van der Waals surface area (Å²) in [4.78, 5) is 5.15. The molecule has 0 amide bonds. The maximum absolute atomic E-state index is 8.46. The van der Waals surface area contributed by atoms with Gasteiger partial charge in [0.25, 0.3) is 0 Å². The predicted molar refractivity (Wildman–Crippen MR) is 68.3 cm³/mol. The molecular formula is C12H24N4O. The summed E-state index contributed by atoms with van der Waals surface area (Å²) in [6.07, 6.45) is 5.74. The summed E-state index contributed by atoms with van der Waals surface area (Å²) in [6.45, 7) is 6.07. The number of hydrogen-bond acceptors (Lipinski definition) is 4. The third-order valence-electron chi connectivity index (χ3n) is 3.94. The molecule has 0 aliphatic carbocycles. The molecular weight excluding hydrogens is 216 g/mol. The van der Waals surface area contributed by atoms with Gasteiger partial charge in [-0.3, -0.25) is 4.90 Å². The van der Waals surface area contributed by atoms with E-state index < -0.39 is 0 Å². The molecule has 2 heterocycles. The number of rotatable bonds is 5. The van der Waals surface area contributed by atoms with Crippen molar-refractivity contribution in [3.8, 4) is 0 Å². The summed E-state index contributed by atoms with van der Waals surface area (Å²) in [5.74, 6) is 0.347. The van der Waals surface area contributed by atoms with Gasteiger partial charge in [0.15, 0.2) is 0 Å². The van der Waals surface area contributed by atoms with E-state index >= 15 is 0 Å². The molecule has 2 saturated heterocycles. The third-order valence-corrected chi connectivity index (χ3v) is 3.94. The highest BCUT2D eigenvalue weighted by Crippen LogP contribution is 2.20. The van der Waals surface area contributed by atoms with E-state index in [0.29, 0.717) is 12.3 Å². The average molecular weight is 240 g/mol. The van der Waals surface area contributed by atoms with Crippen LogP contribution in [0, 0.1) is 0 Å². The van der Waals surface area contributed by atoms with Crippen LogP contribution in [-0.2, 0) is 0 Å². The number of nitrogens with two attached hydrogens (primary N) is 1. The number of oxime groups is 1. The van der Waals surface area contributed by atoms with Gasteiger partial charge >= 0.3 is 0 Å². The minimum Gasteiger partial charge on any atom is -0.409 e. The van der Waals surface area contributed by atoms with E-state index in [-0.39, 0.29) is 0 Å². The predicted octanol–water partition coefficient (Wildman–Crippen LogP) is 0.683. The summed E-state index contributed by atoms with van der Waals surface area (Å²) in [5.41, 5.74) is 5.46. The number of amidine groups is 1. The molecule has 0 aromatic rings. The van der Waals surface area contributed by atoms with Crippen molar-refractivity contribution in [2.75, 3.05) is 32.7 Å². The molecule has 17 heavy (non-hydrogen) atoms. The third kappa shape index (κ3) is 3.57. The van der Waals surface area contributed by atoms with Crippen LogP contribution < -0.4 is 5.73 Å². The Morgan fingerprint density at radius 1 is 1.29 bits per heavy atom. The van der Waals surface area contributed by atoms with E-state index in [1.54, 1.807) is 0 Å². The van der Waals surface area contributed by atoms with Crippen molar-refractivity contribution < 1.29 is 5.21 Å². The second-order valence-corrected chi connectivity index (χ2v) is 5.18. The Morgan fingerprint density at radius 3 is 2.76 bits per heavy atom. The van der Waals surface area contributed by atoms with Gasteiger partial charge in [-0.25, -0.2) is 0 Å². The largest absolute Gasteiger partial charge is 0.409 e. The second kappa shape index (κ2) is 6.21. The smallest absolute Gasteiger partial charge is 0.139 e. The van der Waals surface area contributed by atoms with Crippen molar-refractivity contribution in [1.82, 2.24) is 9.80 Å². The number of hydrogen-bond donors (Lipinski definition) is 2. The summed E-state index contributed by atoms with van der Waals surface area (Å²) >= 11 is 0. The first-order valence-corrected chi connectivity index (χ1v) is 6.72. The van der Waals surface area contributed by atoms with Crippen LogP contribution in [0.5, 0.6) is 0 Å². The lowest BCUT2D eigenvalue weighted by Crippen LogP contribution is -2.35. The SMILES string of the molecule is N/C(CCCN1CCC(N2CCCC2)C1)=N\O. The van der Waals surface area contributed by atoms with Crippen molar-refractivity contribution in [3.05, 3.63) is 0 Å². The fourth-order valence-corrected chi connectivity index (χ4v) is 2.95. The lowest BCUT2D eigenvalue weighted by molar-refractivity contribution is 0.232. The van der Waals surface area contributed by atoms with Crippen LogP contribution in [0.3, 0.4) is 0 Å². The molecule has 0 bridgehead atoms. The van der Waals surface area contributed by atoms with E-state index in [9.17, 15) is 0 Å². The molecule has 0 radical (unpaired) electrons. The van der Waals surface area contributed by atoms with Crippen molar-refractivity contribution in [1.29, 1.82) is 0 Å². The van der Waals surface area contributed by atoms with Gasteiger partial charge in [-0.15, -0.1) is 0 Å². The first kappa shape index (κ1) is 12.6. The molecule has 0 aromatic carbocycles. The van der Waals surface area contributed by atoms with Gasteiger partial charge < -0.3 is 15.8 Å². The average Bonchev–Trinajstić information content (AvgIpc) is 2.98. The van der Waals surface area contributed by atoms with Gasteiger partial charge in [-0.2, -0.15) is 0 Å². The Kier molecular flexibility index (Phi) is 4.62. The maximum atomic E-state index is 8.46. The van der Waals surface area contributed by atoms with Gasteiger partial charge in [0.1, 0.15) is 5.84 Å². The summed E-state index contributed by atoms with van der Waals surface area (Å²) < 4.78 is 0. The molecule has 2 aliphatic heterocycles. The molecule has 2 fully saturated rings. The molecule has 2 aliphatic rings. The minimum absolute atomic E-state index is 0.347. The fraction of sp³-hybridized carbons (Fsp3) is 0.917. The molecule has 0 spiro atoms. The van der Waals surface area contributed by atoms with E-state index in [0.717, 1.165) is 19.0 Å². The number of nitrogens with zero attached hydrogens (tertiary/aromatic N) is 3. The quantitative estimate of drug-likeness (QED) is 0.321. The molecule has 1 unspecified atom stereocenters. The van der Waals surface area contributed by atoms with Crippen LogP contribution in [0.25, 0.3) is 0 Å². The van der Waals surface area contributed by atoms with Crippen molar-refractivity contribution in [3.63, 3.8) is 0 Å². The van der Waals surface area contributed by atoms with Crippen LogP contribution in [0.15, 0.2) is 5.16 Å². The van der Waals surface area contributed by atoms with Crippen LogP contribution in [0.2, 0.25) is 0 Å². The zero-order valence-corrected chi connectivity index (χ0v) is 10.5. The van der Waals surface area contributed by atoms with Gasteiger partial charge in [-0.1, -0.05) is 5.16 Å². The van der Waals surface area contributed by atoms with Crippen molar-refractivity contribution in [2.24, 2.45) is 10.9 Å².